The minimum absolute atomic E-state index is 0.0834. The molecule has 1 amide bonds. The lowest BCUT2D eigenvalue weighted by Gasteiger charge is -2.15. The normalized spacial score (nSPS) is 12.7. The van der Waals surface area contributed by atoms with Crippen LogP contribution in [0.2, 0.25) is 0 Å². The number of Topliss-reactive ketones (excluding diaryl/α,β-unsaturated/α-hetero) is 1. The first-order valence-corrected chi connectivity index (χ1v) is 9.56. The Hall–Kier alpha value is -3.27. The third-order valence-electron chi connectivity index (χ3n) is 5.23. The summed E-state index contributed by atoms with van der Waals surface area (Å²) >= 11 is 0. The Morgan fingerprint density at radius 1 is 1.00 bits per heavy atom. The van der Waals surface area contributed by atoms with Crippen LogP contribution < -0.4 is 4.90 Å². The van der Waals surface area contributed by atoms with Gasteiger partial charge in [0.1, 0.15) is 0 Å². The van der Waals surface area contributed by atoms with Gasteiger partial charge in [-0.25, -0.2) is 0 Å². The summed E-state index contributed by atoms with van der Waals surface area (Å²) in [5, 5.41) is 0. The van der Waals surface area contributed by atoms with E-state index in [0.717, 1.165) is 41.0 Å². The molecule has 0 N–H and O–H groups in total. The quantitative estimate of drug-likeness (QED) is 0.623. The number of aryl methyl sites for hydroxylation is 1. The van der Waals surface area contributed by atoms with Gasteiger partial charge in [0.25, 0.3) is 0 Å². The van der Waals surface area contributed by atoms with Crippen molar-refractivity contribution in [1.29, 1.82) is 0 Å². The number of hydrogen-bond acceptors (Lipinski definition) is 3. The second-order valence-corrected chi connectivity index (χ2v) is 7.09. The fourth-order valence-electron chi connectivity index (χ4n) is 3.69. The first-order chi connectivity index (χ1) is 13.6. The van der Waals surface area contributed by atoms with Gasteiger partial charge in [0.2, 0.25) is 5.91 Å². The van der Waals surface area contributed by atoms with E-state index in [1.807, 2.05) is 59.5 Å². The second-order valence-electron chi connectivity index (χ2n) is 7.09. The summed E-state index contributed by atoms with van der Waals surface area (Å²) in [6.45, 7) is 2.35. The van der Waals surface area contributed by atoms with Crippen molar-refractivity contribution in [3.05, 3.63) is 83.7 Å². The monoisotopic (exact) mass is 370 g/mol. The maximum absolute atomic E-state index is 12.5. The number of aromatic nitrogens is 1. The van der Waals surface area contributed by atoms with Gasteiger partial charge in [-0.1, -0.05) is 36.4 Å². The van der Waals surface area contributed by atoms with E-state index in [1.165, 1.54) is 5.56 Å². The van der Waals surface area contributed by atoms with Crippen LogP contribution in [0.25, 0.3) is 11.1 Å². The number of nitrogens with zero attached hydrogens (tertiary/aromatic N) is 2. The van der Waals surface area contributed by atoms with E-state index in [1.54, 1.807) is 13.1 Å². The fourth-order valence-corrected chi connectivity index (χ4v) is 3.69. The lowest BCUT2D eigenvalue weighted by atomic mass is 9.98. The van der Waals surface area contributed by atoms with Crippen LogP contribution in [0.3, 0.4) is 0 Å². The summed E-state index contributed by atoms with van der Waals surface area (Å²) in [5.74, 6) is 0.211. The molecule has 0 bridgehead atoms. The van der Waals surface area contributed by atoms with Gasteiger partial charge in [-0.05, 0) is 53.8 Å². The number of pyridine rings is 1. The van der Waals surface area contributed by atoms with E-state index in [2.05, 4.69) is 11.1 Å². The summed E-state index contributed by atoms with van der Waals surface area (Å²) in [7, 11) is 0. The molecule has 1 aliphatic rings. The predicted molar refractivity (Wildman–Crippen MR) is 110 cm³/mol. The summed E-state index contributed by atoms with van der Waals surface area (Å²) in [4.78, 5) is 30.2. The smallest absolute Gasteiger partial charge is 0.223 e. The van der Waals surface area contributed by atoms with Crippen LogP contribution in [0.5, 0.6) is 0 Å². The number of carbonyl (C=O) groups excluding carboxylic acids is 2. The van der Waals surface area contributed by atoms with Crippen molar-refractivity contribution in [2.45, 2.75) is 26.2 Å². The Morgan fingerprint density at radius 3 is 2.50 bits per heavy atom. The van der Waals surface area contributed by atoms with Crippen molar-refractivity contribution in [2.24, 2.45) is 0 Å². The SMILES string of the molecule is CC(=O)N1CCc2cc(-c3ccc(C(=O)CCc4ccccn4)cc3)ccc21. The first-order valence-electron chi connectivity index (χ1n) is 9.56. The van der Waals surface area contributed by atoms with Crippen molar-refractivity contribution >= 4 is 17.4 Å². The topological polar surface area (TPSA) is 50.3 Å². The minimum atomic E-state index is 0.0834. The van der Waals surface area contributed by atoms with Crippen LogP contribution in [-0.2, 0) is 17.6 Å². The van der Waals surface area contributed by atoms with Crippen LogP contribution in [0.4, 0.5) is 5.69 Å². The number of carbonyl (C=O) groups is 2. The highest BCUT2D eigenvalue weighted by molar-refractivity contribution is 5.97. The van der Waals surface area contributed by atoms with Crippen LogP contribution in [0.1, 0.15) is 35.0 Å². The standard InChI is InChI=1S/C24H22N2O2/c1-17(27)26-15-13-21-16-20(9-11-23(21)26)18-5-7-19(8-6-18)24(28)12-10-22-4-2-3-14-25-22/h2-9,11,14,16H,10,12-13,15H2,1H3. The summed E-state index contributed by atoms with van der Waals surface area (Å²) < 4.78 is 0. The number of fused-ring (bicyclic) bond motifs is 1. The van der Waals surface area contributed by atoms with E-state index < -0.39 is 0 Å². The van der Waals surface area contributed by atoms with Crippen LogP contribution in [-0.4, -0.2) is 23.2 Å². The molecule has 4 nitrogen and oxygen atoms in total. The molecule has 0 aliphatic carbocycles. The van der Waals surface area contributed by atoms with E-state index >= 15 is 0 Å². The number of ketones is 1. The zero-order chi connectivity index (χ0) is 19.5. The Kier molecular flexibility index (Phi) is 5.02. The molecule has 0 fully saturated rings. The maximum atomic E-state index is 12.5. The third-order valence-corrected chi connectivity index (χ3v) is 5.23. The molecule has 0 saturated heterocycles. The molecule has 1 aromatic heterocycles. The van der Waals surface area contributed by atoms with Gasteiger partial charge in [-0.15, -0.1) is 0 Å². The Balaban J connectivity index is 1.46. The molecule has 2 heterocycles. The summed E-state index contributed by atoms with van der Waals surface area (Å²) in [5.41, 5.74) is 6.05. The molecule has 4 rings (SSSR count). The van der Waals surface area contributed by atoms with Crippen molar-refractivity contribution in [1.82, 2.24) is 4.98 Å². The molecule has 140 valence electrons. The largest absolute Gasteiger partial charge is 0.312 e. The van der Waals surface area contributed by atoms with Gasteiger partial charge in [0, 0.05) is 43.0 Å². The van der Waals surface area contributed by atoms with Crippen molar-refractivity contribution in [2.75, 3.05) is 11.4 Å². The van der Waals surface area contributed by atoms with E-state index in [-0.39, 0.29) is 11.7 Å². The Bertz CT molecular complexity index is 1010. The van der Waals surface area contributed by atoms with Gasteiger partial charge in [0.15, 0.2) is 5.78 Å². The molecule has 0 unspecified atom stereocenters. The molecule has 1 aliphatic heterocycles. The Labute approximate surface area is 164 Å². The van der Waals surface area contributed by atoms with Gasteiger partial charge in [0.05, 0.1) is 0 Å². The highest BCUT2D eigenvalue weighted by Gasteiger charge is 2.22. The molecule has 28 heavy (non-hydrogen) atoms. The van der Waals surface area contributed by atoms with Gasteiger partial charge >= 0.3 is 0 Å². The highest BCUT2D eigenvalue weighted by Crippen LogP contribution is 2.32. The zero-order valence-corrected chi connectivity index (χ0v) is 15.9. The number of benzene rings is 2. The van der Waals surface area contributed by atoms with Crippen LogP contribution in [0, 0.1) is 0 Å². The predicted octanol–water partition coefficient (Wildman–Crippen LogP) is 4.47. The minimum Gasteiger partial charge on any atom is -0.312 e. The maximum Gasteiger partial charge on any atom is 0.223 e. The average Bonchev–Trinajstić information content (AvgIpc) is 3.16. The van der Waals surface area contributed by atoms with Crippen molar-refractivity contribution in [3.8, 4) is 11.1 Å². The average molecular weight is 370 g/mol. The first kappa shape index (κ1) is 18.1. The number of anilines is 1. The number of hydrogen-bond donors (Lipinski definition) is 0. The molecule has 0 spiro atoms. The molecule has 0 atom stereocenters. The van der Waals surface area contributed by atoms with Gasteiger partial charge < -0.3 is 4.90 Å². The van der Waals surface area contributed by atoms with Crippen LogP contribution in [0.15, 0.2) is 66.9 Å². The van der Waals surface area contributed by atoms with Gasteiger partial charge in [-0.2, -0.15) is 0 Å². The van der Waals surface area contributed by atoms with E-state index in [4.69, 9.17) is 0 Å². The van der Waals surface area contributed by atoms with Crippen LogP contribution >= 0.6 is 0 Å². The molecule has 0 radical (unpaired) electrons. The Morgan fingerprint density at radius 2 is 1.79 bits per heavy atom. The van der Waals surface area contributed by atoms with E-state index in [0.29, 0.717) is 12.8 Å². The van der Waals surface area contributed by atoms with Crippen molar-refractivity contribution in [3.63, 3.8) is 0 Å². The lowest BCUT2D eigenvalue weighted by molar-refractivity contribution is -0.116. The highest BCUT2D eigenvalue weighted by atomic mass is 16.2. The number of amides is 1. The second kappa shape index (κ2) is 7.77. The molecular formula is C24H22N2O2. The molecule has 4 heteroatoms. The third kappa shape index (κ3) is 3.72. The molecular weight excluding hydrogens is 348 g/mol. The fraction of sp³-hybridized carbons (Fsp3) is 0.208. The van der Waals surface area contributed by atoms with E-state index in [9.17, 15) is 9.59 Å². The lowest BCUT2D eigenvalue weighted by Crippen LogP contribution is -2.25. The summed E-state index contributed by atoms with van der Waals surface area (Å²) in [6, 6.07) is 19.7. The molecule has 2 aromatic carbocycles. The molecule has 0 saturated carbocycles. The molecule has 3 aromatic rings. The van der Waals surface area contributed by atoms with Gasteiger partial charge in [-0.3, -0.25) is 14.6 Å². The summed E-state index contributed by atoms with van der Waals surface area (Å²) in [6.07, 6.45) is 3.74. The number of rotatable bonds is 5. The van der Waals surface area contributed by atoms with Crippen molar-refractivity contribution < 1.29 is 9.59 Å². The zero-order valence-electron chi connectivity index (χ0n) is 15.9.